The van der Waals surface area contributed by atoms with Crippen LogP contribution in [0.25, 0.3) is 11.0 Å². The molecule has 8 nitrogen and oxygen atoms in total. The molecule has 1 atom stereocenters. The average Bonchev–Trinajstić information content (AvgIpc) is 3.35. The number of hydrogen-bond acceptors (Lipinski definition) is 5. The molecule has 27 heavy (non-hydrogen) atoms. The fraction of sp³-hybridized carbons (Fsp3) is 0.474. The van der Waals surface area contributed by atoms with Gasteiger partial charge in [0.25, 0.3) is 0 Å². The van der Waals surface area contributed by atoms with Crippen LogP contribution in [0.2, 0.25) is 0 Å². The lowest BCUT2D eigenvalue weighted by Gasteiger charge is -2.31. The molecule has 1 unspecified atom stereocenters. The summed E-state index contributed by atoms with van der Waals surface area (Å²) in [6, 6.07) is 5.88. The molecular formula is C19H24N6O2. The van der Waals surface area contributed by atoms with Crippen LogP contribution in [0, 0.1) is 0 Å². The standard InChI is InChI=1S/C19H24N6O2/c1-12(2)17-23-18(27-24-17)14-4-3-7-25(10-14)19(26)20-9-13-5-6-15-16(8-13)22-11-21-15/h5-6,8,11-12,14H,3-4,7,9-10H2,1-2H3,(H,20,26)(H,21,22). The predicted octanol–water partition coefficient (Wildman–Crippen LogP) is 3.16. The van der Waals surface area contributed by atoms with Crippen LogP contribution in [0.4, 0.5) is 4.79 Å². The maximum absolute atomic E-state index is 12.6. The normalized spacial score (nSPS) is 17.6. The van der Waals surface area contributed by atoms with Crippen molar-refractivity contribution in [2.75, 3.05) is 13.1 Å². The Hall–Kier alpha value is -2.90. The highest BCUT2D eigenvalue weighted by Crippen LogP contribution is 2.26. The minimum absolute atomic E-state index is 0.0620. The van der Waals surface area contributed by atoms with Crippen molar-refractivity contribution in [3.63, 3.8) is 0 Å². The minimum atomic E-state index is -0.0620. The number of urea groups is 1. The summed E-state index contributed by atoms with van der Waals surface area (Å²) >= 11 is 0. The monoisotopic (exact) mass is 368 g/mol. The van der Waals surface area contributed by atoms with Gasteiger partial charge in [-0.3, -0.25) is 0 Å². The van der Waals surface area contributed by atoms with Crippen LogP contribution in [0.5, 0.6) is 0 Å². The van der Waals surface area contributed by atoms with E-state index in [-0.39, 0.29) is 17.9 Å². The van der Waals surface area contributed by atoms with Gasteiger partial charge in [0.2, 0.25) is 5.89 Å². The Morgan fingerprint density at radius 3 is 3.15 bits per heavy atom. The van der Waals surface area contributed by atoms with Crippen LogP contribution in [-0.4, -0.2) is 44.1 Å². The largest absolute Gasteiger partial charge is 0.345 e. The summed E-state index contributed by atoms with van der Waals surface area (Å²) in [5.74, 6) is 1.70. The predicted molar refractivity (Wildman–Crippen MR) is 100 cm³/mol. The Morgan fingerprint density at radius 2 is 2.33 bits per heavy atom. The lowest BCUT2D eigenvalue weighted by atomic mass is 9.98. The van der Waals surface area contributed by atoms with Crippen LogP contribution in [0.1, 0.15) is 55.8 Å². The van der Waals surface area contributed by atoms with Crippen molar-refractivity contribution >= 4 is 17.1 Å². The van der Waals surface area contributed by atoms with E-state index in [1.807, 2.05) is 36.9 Å². The molecule has 2 amide bonds. The molecule has 1 aliphatic rings. The zero-order chi connectivity index (χ0) is 18.8. The lowest BCUT2D eigenvalue weighted by molar-refractivity contribution is 0.171. The topological polar surface area (TPSA) is 99.9 Å². The number of nitrogens with zero attached hydrogens (tertiary/aromatic N) is 4. The second kappa shape index (κ2) is 7.38. The van der Waals surface area contributed by atoms with Gasteiger partial charge in [0.1, 0.15) is 0 Å². The molecule has 1 aliphatic heterocycles. The van der Waals surface area contributed by atoms with Gasteiger partial charge in [-0.2, -0.15) is 4.98 Å². The first-order valence-electron chi connectivity index (χ1n) is 9.38. The third-order valence-electron chi connectivity index (χ3n) is 4.96. The third kappa shape index (κ3) is 3.79. The molecule has 0 spiro atoms. The Kier molecular flexibility index (Phi) is 4.79. The first kappa shape index (κ1) is 17.5. The highest BCUT2D eigenvalue weighted by molar-refractivity contribution is 5.76. The van der Waals surface area contributed by atoms with Crippen LogP contribution >= 0.6 is 0 Å². The number of hydrogen-bond donors (Lipinski definition) is 2. The summed E-state index contributed by atoms with van der Waals surface area (Å²) in [4.78, 5) is 26.2. The van der Waals surface area contributed by atoms with Crippen molar-refractivity contribution in [2.45, 2.75) is 45.1 Å². The highest BCUT2D eigenvalue weighted by Gasteiger charge is 2.28. The summed E-state index contributed by atoms with van der Waals surface area (Å²) in [5.41, 5.74) is 2.92. The van der Waals surface area contributed by atoms with Gasteiger partial charge in [0.05, 0.1) is 23.3 Å². The van der Waals surface area contributed by atoms with Gasteiger partial charge in [0.15, 0.2) is 5.82 Å². The number of piperidine rings is 1. The summed E-state index contributed by atoms with van der Waals surface area (Å²) < 4.78 is 5.43. The number of nitrogens with one attached hydrogen (secondary N) is 2. The van der Waals surface area contributed by atoms with E-state index in [0.717, 1.165) is 41.8 Å². The quantitative estimate of drug-likeness (QED) is 0.737. The van der Waals surface area contributed by atoms with Gasteiger partial charge < -0.3 is 19.7 Å². The van der Waals surface area contributed by atoms with Gasteiger partial charge >= 0.3 is 6.03 Å². The summed E-state index contributed by atoms with van der Waals surface area (Å²) in [7, 11) is 0. The fourth-order valence-corrected chi connectivity index (χ4v) is 3.39. The Balaban J connectivity index is 1.36. The number of imidazole rings is 1. The fourth-order valence-electron chi connectivity index (χ4n) is 3.39. The van der Waals surface area contributed by atoms with Crippen LogP contribution in [0.15, 0.2) is 29.0 Å². The zero-order valence-electron chi connectivity index (χ0n) is 15.6. The van der Waals surface area contributed by atoms with Gasteiger partial charge in [-0.05, 0) is 30.5 Å². The SMILES string of the molecule is CC(C)c1noc(C2CCCN(C(=O)NCc3ccc4nc[nH]c4c3)C2)n1. The molecule has 1 aromatic carbocycles. The van der Waals surface area contributed by atoms with Crippen molar-refractivity contribution in [3.05, 3.63) is 41.8 Å². The van der Waals surface area contributed by atoms with Crippen LogP contribution < -0.4 is 5.32 Å². The number of aromatic nitrogens is 4. The number of H-pyrrole nitrogens is 1. The lowest BCUT2D eigenvalue weighted by Crippen LogP contribution is -2.44. The van der Waals surface area contributed by atoms with E-state index in [2.05, 4.69) is 25.4 Å². The number of benzene rings is 1. The molecule has 2 aromatic heterocycles. The second-order valence-corrected chi connectivity index (χ2v) is 7.34. The first-order chi connectivity index (χ1) is 13.1. The maximum Gasteiger partial charge on any atom is 0.317 e. The Bertz CT molecular complexity index is 931. The Labute approximate surface area is 157 Å². The van der Waals surface area contributed by atoms with Crippen molar-refractivity contribution in [1.82, 2.24) is 30.3 Å². The molecule has 1 fully saturated rings. The molecule has 0 aliphatic carbocycles. The number of aromatic amines is 1. The number of carbonyl (C=O) groups is 1. The molecule has 0 radical (unpaired) electrons. The number of rotatable bonds is 4. The van der Waals surface area contributed by atoms with E-state index >= 15 is 0 Å². The molecule has 8 heteroatoms. The van der Waals surface area contributed by atoms with E-state index < -0.39 is 0 Å². The molecule has 3 heterocycles. The van der Waals surface area contributed by atoms with E-state index in [9.17, 15) is 4.79 Å². The zero-order valence-corrected chi connectivity index (χ0v) is 15.6. The van der Waals surface area contributed by atoms with Crippen molar-refractivity contribution < 1.29 is 9.32 Å². The molecule has 142 valence electrons. The van der Waals surface area contributed by atoms with E-state index in [1.54, 1.807) is 6.33 Å². The highest BCUT2D eigenvalue weighted by atomic mass is 16.5. The summed E-state index contributed by atoms with van der Waals surface area (Å²) in [6.45, 7) is 5.90. The second-order valence-electron chi connectivity index (χ2n) is 7.34. The van der Waals surface area contributed by atoms with Gasteiger partial charge in [0, 0.05) is 25.6 Å². The Morgan fingerprint density at radius 1 is 1.44 bits per heavy atom. The summed E-state index contributed by atoms with van der Waals surface area (Å²) in [6.07, 6.45) is 3.56. The molecule has 0 saturated carbocycles. The van der Waals surface area contributed by atoms with Gasteiger partial charge in [-0.25, -0.2) is 9.78 Å². The first-order valence-corrected chi connectivity index (χ1v) is 9.38. The molecule has 0 bridgehead atoms. The molecule has 3 aromatic rings. The number of likely N-dealkylation sites (tertiary alicyclic amines) is 1. The smallest absolute Gasteiger partial charge is 0.317 e. The number of amides is 2. The molecular weight excluding hydrogens is 344 g/mol. The van der Waals surface area contributed by atoms with Gasteiger partial charge in [-0.1, -0.05) is 25.1 Å². The van der Waals surface area contributed by atoms with E-state index in [0.29, 0.717) is 19.0 Å². The van der Waals surface area contributed by atoms with Gasteiger partial charge in [-0.15, -0.1) is 0 Å². The van der Waals surface area contributed by atoms with Crippen molar-refractivity contribution in [1.29, 1.82) is 0 Å². The minimum Gasteiger partial charge on any atom is -0.345 e. The van der Waals surface area contributed by atoms with Crippen LogP contribution in [-0.2, 0) is 6.54 Å². The average molecular weight is 368 g/mol. The molecule has 2 N–H and O–H groups in total. The third-order valence-corrected chi connectivity index (χ3v) is 4.96. The van der Waals surface area contributed by atoms with Crippen molar-refractivity contribution in [3.8, 4) is 0 Å². The number of fused-ring (bicyclic) bond motifs is 1. The number of carbonyl (C=O) groups excluding carboxylic acids is 1. The molecule has 4 rings (SSSR count). The van der Waals surface area contributed by atoms with E-state index in [4.69, 9.17) is 4.52 Å². The van der Waals surface area contributed by atoms with Crippen molar-refractivity contribution in [2.24, 2.45) is 0 Å². The van der Waals surface area contributed by atoms with Crippen LogP contribution in [0.3, 0.4) is 0 Å². The maximum atomic E-state index is 12.6. The molecule has 1 saturated heterocycles. The summed E-state index contributed by atoms with van der Waals surface area (Å²) in [5, 5.41) is 7.05. The van der Waals surface area contributed by atoms with E-state index in [1.165, 1.54) is 0 Å².